The fourth-order valence-electron chi connectivity index (χ4n) is 2.83. The minimum Gasteiger partial charge on any atom is -0.348 e. The van der Waals surface area contributed by atoms with Crippen molar-refractivity contribution in [1.29, 1.82) is 0 Å². The number of aromatic nitrogens is 3. The number of hydrogen-bond acceptors (Lipinski definition) is 4. The molecule has 2 aromatic heterocycles. The van der Waals surface area contributed by atoms with Crippen LogP contribution in [0.4, 0.5) is 0 Å². The molecule has 1 aliphatic carbocycles. The van der Waals surface area contributed by atoms with Gasteiger partial charge < -0.3 is 11.1 Å². The Hall–Kier alpha value is -1.63. The number of carbonyl (C=O) groups excluding carboxylic acids is 1. The normalized spacial score (nSPS) is 19.5. The van der Waals surface area contributed by atoms with E-state index >= 15 is 0 Å². The number of nitrogens with one attached hydrogen (secondary N) is 1. The molecule has 1 saturated carbocycles. The molecule has 0 radical (unpaired) electrons. The van der Waals surface area contributed by atoms with Crippen LogP contribution in [0, 0.1) is 5.92 Å². The predicted molar refractivity (Wildman–Crippen MR) is 93.5 cm³/mol. The number of pyridine rings is 1. The Morgan fingerprint density at radius 1 is 1.30 bits per heavy atom. The first kappa shape index (κ1) is 19.4. The molecule has 0 aromatic carbocycles. The lowest BCUT2D eigenvalue weighted by Gasteiger charge is -2.19. The summed E-state index contributed by atoms with van der Waals surface area (Å²) in [6.07, 6.45) is 6.67. The van der Waals surface area contributed by atoms with Gasteiger partial charge in [0.05, 0.1) is 0 Å². The second-order valence-electron chi connectivity index (χ2n) is 5.34. The Balaban J connectivity index is 0.00000132. The fraction of sp³-hybridized carbons (Fsp3) is 0.400. The largest absolute Gasteiger partial charge is 0.348 e. The van der Waals surface area contributed by atoms with Crippen LogP contribution in [0.25, 0.3) is 5.82 Å². The molecule has 8 heteroatoms. The summed E-state index contributed by atoms with van der Waals surface area (Å²) in [6, 6.07) is 7.33. The molecule has 3 N–H and O–H groups in total. The molecule has 1 amide bonds. The number of carbonyl (C=O) groups is 1. The summed E-state index contributed by atoms with van der Waals surface area (Å²) in [5.41, 5.74) is 6.16. The summed E-state index contributed by atoms with van der Waals surface area (Å²) in [5.74, 6) is 0.868. The van der Waals surface area contributed by atoms with Gasteiger partial charge in [0.1, 0.15) is 5.69 Å². The topological polar surface area (TPSA) is 85.8 Å². The van der Waals surface area contributed by atoms with Crippen molar-refractivity contribution < 1.29 is 4.79 Å². The number of amides is 1. The van der Waals surface area contributed by atoms with Gasteiger partial charge in [-0.2, -0.15) is 5.10 Å². The van der Waals surface area contributed by atoms with Gasteiger partial charge in [-0.1, -0.05) is 12.5 Å². The third kappa shape index (κ3) is 4.43. The third-order valence-corrected chi connectivity index (χ3v) is 3.98. The first-order valence-electron chi connectivity index (χ1n) is 7.26. The van der Waals surface area contributed by atoms with Crippen molar-refractivity contribution in [2.75, 3.05) is 6.54 Å². The molecule has 3 rings (SSSR count). The van der Waals surface area contributed by atoms with Crippen molar-refractivity contribution in [3.8, 4) is 5.82 Å². The molecule has 0 aliphatic heterocycles. The van der Waals surface area contributed by atoms with Crippen molar-refractivity contribution in [3.63, 3.8) is 0 Å². The van der Waals surface area contributed by atoms with Gasteiger partial charge in [-0.25, -0.2) is 9.67 Å². The Kier molecular flexibility index (Phi) is 7.48. The van der Waals surface area contributed by atoms with E-state index in [9.17, 15) is 4.79 Å². The molecular weight excluding hydrogens is 337 g/mol. The van der Waals surface area contributed by atoms with Crippen molar-refractivity contribution >= 4 is 30.7 Å². The van der Waals surface area contributed by atoms with Crippen molar-refractivity contribution in [2.45, 2.75) is 25.3 Å². The second-order valence-corrected chi connectivity index (χ2v) is 5.34. The first-order valence-corrected chi connectivity index (χ1v) is 7.26. The summed E-state index contributed by atoms with van der Waals surface area (Å²) in [6.45, 7) is 0.617. The van der Waals surface area contributed by atoms with Gasteiger partial charge in [0, 0.05) is 18.4 Å². The number of nitrogens with zero attached hydrogens (tertiary/aromatic N) is 3. The standard InChI is InChI=1S/C15H19N5O.2ClH/c16-10-11-4-1-5-12(11)19-15(21)13-6-2-7-14(18-13)20-9-3-8-17-20;;/h2-3,6-9,11-12H,1,4-5,10,16H2,(H,19,21);2*1H. The van der Waals surface area contributed by atoms with Crippen LogP contribution in [-0.4, -0.2) is 33.3 Å². The van der Waals surface area contributed by atoms with Crippen molar-refractivity contribution in [3.05, 3.63) is 42.4 Å². The molecule has 2 heterocycles. The molecule has 2 aromatic rings. The van der Waals surface area contributed by atoms with Crippen LogP contribution < -0.4 is 11.1 Å². The molecule has 2 atom stereocenters. The third-order valence-electron chi connectivity index (χ3n) is 3.98. The fourth-order valence-corrected chi connectivity index (χ4v) is 2.83. The summed E-state index contributed by atoms with van der Waals surface area (Å²) in [4.78, 5) is 16.7. The van der Waals surface area contributed by atoms with E-state index in [2.05, 4.69) is 15.4 Å². The van der Waals surface area contributed by atoms with E-state index in [0.717, 1.165) is 19.3 Å². The molecule has 0 saturated heterocycles. The van der Waals surface area contributed by atoms with Crippen LogP contribution in [0.5, 0.6) is 0 Å². The number of rotatable bonds is 4. The van der Waals surface area contributed by atoms with Crippen molar-refractivity contribution in [2.24, 2.45) is 11.7 Å². The summed E-state index contributed by atoms with van der Waals surface area (Å²) in [5, 5.41) is 7.18. The van der Waals surface area contributed by atoms with Crippen molar-refractivity contribution in [1.82, 2.24) is 20.1 Å². The van der Waals surface area contributed by atoms with Gasteiger partial charge in [0.15, 0.2) is 5.82 Å². The number of hydrogen-bond donors (Lipinski definition) is 2. The maximum absolute atomic E-state index is 12.3. The lowest BCUT2D eigenvalue weighted by molar-refractivity contribution is 0.0923. The van der Waals surface area contributed by atoms with Crippen LogP contribution in [-0.2, 0) is 0 Å². The second kappa shape index (κ2) is 8.86. The molecule has 6 nitrogen and oxygen atoms in total. The van der Waals surface area contributed by atoms with Gasteiger partial charge in [-0.3, -0.25) is 4.79 Å². The van der Waals surface area contributed by atoms with E-state index in [1.807, 2.05) is 18.2 Å². The summed E-state index contributed by atoms with van der Waals surface area (Å²) < 4.78 is 1.63. The average Bonchev–Trinajstić information content (AvgIpc) is 3.18. The zero-order valence-electron chi connectivity index (χ0n) is 12.6. The highest BCUT2D eigenvalue weighted by Crippen LogP contribution is 2.24. The molecule has 23 heavy (non-hydrogen) atoms. The number of nitrogens with two attached hydrogens (primary N) is 1. The zero-order valence-corrected chi connectivity index (χ0v) is 14.2. The van der Waals surface area contributed by atoms with E-state index in [-0.39, 0.29) is 36.8 Å². The number of halogens is 2. The zero-order chi connectivity index (χ0) is 14.7. The van der Waals surface area contributed by atoms with Gasteiger partial charge in [0.25, 0.3) is 5.91 Å². The SMILES string of the molecule is Cl.Cl.NCC1CCCC1NC(=O)c1cccc(-n2cccn2)n1. The van der Waals surface area contributed by atoms with Crippen LogP contribution >= 0.6 is 24.8 Å². The van der Waals surface area contributed by atoms with E-state index in [0.29, 0.717) is 24.0 Å². The molecule has 0 bridgehead atoms. The molecular formula is C15H21Cl2N5O. The van der Waals surface area contributed by atoms with E-state index in [4.69, 9.17) is 5.73 Å². The van der Waals surface area contributed by atoms with Crippen LogP contribution in [0.15, 0.2) is 36.7 Å². The Morgan fingerprint density at radius 2 is 2.13 bits per heavy atom. The van der Waals surface area contributed by atoms with Crippen LogP contribution in [0.3, 0.4) is 0 Å². The first-order chi connectivity index (χ1) is 10.3. The highest BCUT2D eigenvalue weighted by Gasteiger charge is 2.27. The lowest BCUT2D eigenvalue weighted by Crippen LogP contribution is -2.40. The highest BCUT2D eigenvalue weighted by molar-refractivity contribution is 5.92. The molecule has 0 spiro atoms. The van der Waals surface area contributed by atoms with Gasteiger partial charge in [-0.15, -0.1) is 24.8 Å². The summed E-state index contributed by atoms with van der Waals surface area (Å²) in [7, 11) is 0. The minimum atomic E-state index is -0.144. The van der Waals surface area contributed by atoms with E-state index < -0.39 is 0 Å². The van der Waals surface area contributed by atoms with Gasteiger partial charge in [0.2, 0.25) is 0 Å². The smallest absolute Gasteiger partial charge is 0.270 e. The molecule has 2 unspecified atom stereocenters. The highest BCUT2D eigenvalue weighted by atomic mass is 35.5. The maximum Gasteiger partial charge on any atom is 0.270 e. The molecule has 1 aliphatic rings. The minimum absolute atomic E-state index is 0. The van der Waals surface area contributed by atoms with Gasteiger partial charge >= 0.3 is 0 Å². The van der Waals surface area contributed by atoms with E-state index in [1.54, 1.807) is 23.1 Å². The quantitative estimate of drug-likeness (QED) is 0.875. The predicted octanol–water partition coefficient (Wildman–Crippen LogP) is 1.97. The Labute approximate surface area is 147 Å². The molecule has 1 fully saturated rings. The van der Waals surface area contributed by atoms with Crippen LogP contribution in [0.2, 0.25) is 0 Å². The maximum atomic E-state index is 12.3. The molecule has 126 valence electrons. The van der Waals surface area contributed by atoms with Crippen LogP contribution in [0.1, 0.15) is 29.8 Å². The average molecular weight is 358 g/mol. The monoisotopic (exact) mass is 357 g/mol. The summed E-state index contributed by atoms with van der Waals surface area (Å²) >= 11 is 0. The lowest BCUT2D eigenvalue weighted by atomic mass is 10.0. The van der Waals surface area contributed by atoms with Gasteiger partial charge in [-0.05, 0) is 43.5 Å². The van der Waals surface area contributed by atoms with E-state index in [1.165, 1.54) is 0 Å². The Bertz CT molecular complexity index is 620. The Morgan fingerprint density at radius 3 is 2.83 bits per heavy atom.